The van der Waals surface area contributed by atoms with Crippen molar-refractivity contribution in [3.8, 4) is 0 Å². The van der Waals surface area contributed by atoms with E-state index in [-0.39, 0.29) is 5.91 Å². The van der Waals surface area contributed by atoms with Crippen LogP contribution in [-0.2, 0) is 6.42 Å². The van der Waals surface area contributed by atoms with Gasteiger partial charge in [-0.3, -0.25) is 4.79 Å². The fourth-order valence-corrected chi connectivity index (χ4v) is 1.85. The molecule has 5 nitrogen and oxygen atoms in total. The first-order valence-corrected chi connectivity index (χ1v) is 7.19. The molecule has 0 atom stereocenters. The maximum Gasteiger partial charge on any atom is 0.275 e. The summed E-state index contributed by atoms with van der Waals surface area (Å²) in [5.41, 5.74) is 2.26. The van der Waals surface area contributed by atoms with E-state index in [1.807, 2.05) is 24.3 Å². The normalized spacial score (nSPS) is 10.2. The summed E-state index contributed by atoms with van der Waals surface area (Å²) in [7, 11) is 0. The number of nitrogens with one attached hydrogen (secondary N) is 2. The van der Waals surface area contributed by atoms with Crippen molar-refractivity contribution < 1.29 is 4.79 Å². The van der Waals surface area contributed by atoms with Crippen LogP contribution >= 0.6 is 0 Å². The molecule has 0 radical (unpaired) electrons. The molecule has 0 aliphatic rings. The molecule has 2 rings (SSSR count). The highest BCUT2D eigenvalue weighted by Gasteiger charge is 2.08. The Labute approximate surface area is 124 Å². The summed E-state index contributed by atoms with van der Waals surface area (Å²) < 4.78 is 0. The number of carbonyl (C=O) groups is 1. The smallest absolute Gasteiger partial charge is 0.275 e. The third-order valence-electron chi connectivity index (χ3n) is 3.03. The molecule has 1 aromatic carbocycles. The average molecular weight is 284 g/mol. The van der Waals surface area contributed by atoms with Gasteiger partial charge in [0.25, 0.3) is 5.91 Å². The number of aromatic nitrogens is 2. The molecule has 2 N–H and O–H groups in total. The van der Waals surface area contributed by atoms with Gasteiger partial charge in [0.1, 0.15) is 11.5 Å². The summed E-state index contributed by atoms with van der Waals surface area (Å²) in [5.74, 6) is 0.430. The third-order valence-corrected chi connectivity index (χ3v) is 3.03. The first-order valence-electron chi connectivity index (χ1n) is 7.19. The maximum absolute atomic E-state index is 12.1. The minimum absolute atomic E-state index is 0.252. The standard InChI is InChI=1S/C16H20N4O/c1-3-8-17-15-11-18-14(10-19-15)16(21)20-13-7-5-6-12(4-2)9-13/h5-7,9-11H,3-4,8H2,1-2H3,(H,17,19)(H,20,21). The number of aryl methyl sites for hydroxylation is 1. The molecule has 0 fully saturated rings. The van der Waals surface area contributed by atoms with Gasteiger partial charge < -0.3 is 10.6 Å². The van der Waals surface area contributed by atoms with Crippen LogP contribution in [0.1, 0.15) is 36.3 Å². The number of hydrogen-bond donors (Lipinski definition) is 2. The second-order valence-corrected chi connectivity index (χ2v) is 4.72. The predicted molar refractivity (Wildman–Crippen MR) is 84.6 cm³/mol. The van der Waals surface area contributed by atoms with E-state index in [9.17, 15) is 4.79 Å². The molecule has 21 heavy (non-hydrogen) atoms. The molecule has 0 bridgehead atoms. The van der Waals surface area contributed by atoms with Gasteiger partial charge in [-0.05, 0) is 30.5 Å². The largest absolute Gasteiger partial charge is 0.369 e. The Balaban J connectivity index is 2.02. The Hall–Kier alpha value is -2.43. The molecule has 0 aliphatic carbocycles. The number of benzene rings is 1. The van der Waals surface area contributed by atoms with Crippen LogP contribution in [0.4, 0.5) is 11.5 Å². The summed E-state index contributed by atoms with van der Waals surface area (Å²) in [6.45, 7) is 4.99. The van der Waals surface area contributed by atoms with Crippen molar-refractivity contribution in [2.45, 2.75) is 26.7 Å². The minimum Gasteiger partial charge on any atom is -0.369 e. The Bertz CT molecular complexity index is 595. The summed E-state index contributed by atoms with van der Waals surface area (Å²) in [5, 5.41) is 5.95. The van der Waals surface area contributed by atoms with Crippen LogP contribution < -0.4 is 10.6 Å². The summed E-state index contributed by atoms with van der Waals surface area (Å²) in [4.78, 5) is 20.4. The van der Waals surface area contributed by atoms with Gasteiger partial charge in [0.2, 0.25) is 0 Å². The highest BCUT2D eigenvalue weighted by molar-refractivity contribution is 6.02. The molecule has 0 unspecified atom stereocenters. The Morgan fingerprint density at radius 1 is 1.19 bits per heavy atom. The number of anilines is 2. The number of carbonyl (C=O) groups excluding carboxylic acids is 1. The van der Waals surface area contributed by atoms with E-state index in [4.69, 9.17) is 0 Å². The highest BCUT2D eigenvalue weighted by atomic mass is 16.1. The van der Waals surface area contributed by atoms with Crippen molar-refractivity contribution in [1.29, 1.82) is 0 Å². The van der Waals surface area contributed by atoms with Crippen LogP contribution in [0, 0.1) is 0 Å². The SMILES string of the molecule is CCCNc1cnc(C(=O)Nc2cccc(CC)c2)cn1. The van der Waals surface area contributed by atoms with Crippen LogP contribution in [0.25, 0.3) is 0 Å². The van der Waals surface area contributed by atoms with E-state index < -0.39 is 0 Å². The molecule has 0 saturated carbocycles. The summed E-state index contributed by atoms with van der Waals surface area (Å²) in [6.07, 6.45) is 5.00. The van der Waals surface area contributed by atoms with Crippen molar-refractivity contribution in [1.82, 2.24) is 9.97 Å². The second kappa shape index (κ2) is 7.38. The van der Waals surface area contributed by atoms with Crippen LogP contribution in [0.3, 0.4) is 0 Å². The maximum atomic E-state index is 12.1. The van der Waals surface area contributed by atoms with E-state index in [1.165, 1.54) is 11.8 Å². The molecule has 110 valence electrons. The lowest BCUT2D eigenvalue weighted by Crippen LogP contribution is -2.14. The van der Waals surface area contributed by atoms with Gasteiger partial charge in [0, 0.05) is 12.2 Å². The monoisotopic (exact) mass is 284 g/mol. The summed E-state index contributed by atoms with van der Waals surface area (Å²) >= 11 is 0. The lowest BCUT2D eigenvalue weighted by molar-refractivity contribution is 0.102. The van der Waals surface area contributed by atoms with Crippen molar-refractivity contribution in [2.24, 2.45) is 0 Å². The fraction of sp³-hybridized carbons (Fsp3) is 0.312. The number of amides is 1. The number of hydrogen-bond acceptors (Lipinski definition) is 4. The average Bonchev–Trinajstić information content (AvgIpc) is 2.53. The van der Waals surface area contributed by atoms with Gasteiger partial charge in [-0.15, -0.1) is 0 Å². The highest BCUT2D eigenvalue weighted by Crippen LogP contribution is 2.12. The van der Waals surface area contributed by atoms with E-state index >= 15 is 0 Å². The fourth-order valence-electron chi connectivity index (χ4n) is 1.85. The first-order chi connectivity index (χ1) is 10.2. The molecule has 1 heterocycles. The van der Waals surface area contributed by atoms with Crippen LogP contribution in [0.15, 0.2) is 36.7 Å². The number of nitrogens with zero attached hydrogens (tertiary/aromatic N) is 2. The van der Waals surface area contributed by atoms with E-state index in [2.05, 4.69) is 34.4 Å². The molecule has 1 aromatic heterocycles. The second-order valence-electron chi connectivity index (χ2n) is 4.72. The molecule has 0 spiro atoms. The van der Waals surface area contributed by atoms with Crippen molar-refractivity contribution >= 4 is 17.4 Å². The van der Waals surface area contributed by atoms with Gasteiger partial charge >= 0.3 is 0 Å². The zero-order chi connectivity index (χ0) is 15.1. The van der Waals surface area contributed by atoms with Gasteiger partial charge in [0.15, 0.2) is 0 Å². The van der Waals surface area contributed by atoms with E-state index in [0.29, 0.717) is 11.5 Å². The number of rotatable bonds is 6. The lowest BCUT2D eigenvalue weighted by Gasteiger charge is -2.07. The molecule has 5 heteroatoms. The lowest BCUT2D eigenvalue weighted by atomic mass is 10.1. The molecule has 0 saturated heterocycles. The minimum atomic E-state index is -0.252. The molecular formula is C16H20N4O. The predicted octanol–water partition coefficient (Wildman–Crippen LogP) is 3.11. The Morgan fingerprint density at radius 2 is 2.05 bits per heavy atom. The van der Waals surface area contributed by atoms with Crippen LogP contribution in [-0.4, -0.2) is 22.4 Å². The Kier molecular flexibility index (Phi) is 5.26. The molecule has 1 amide bonds. The summed E-state index contributed by atoms with van der Waals surface area (Å²) in [6, 6.07) is 7.78. The van der Waals surface area contributed by atoms with E-state index in [0.717, 1.165) is 25.1 Å². The van der Waals surface area contributed by atoms with Crippen molar-refractivity contribution in [2.75, 3.05) is 17.2 Å². The quantitative estimate of drug-likeness (QED) is 0.855. The zero-order valence-corrected chi connectivity index (χ0v) is 12.4. The van der Waals surface area contributed by atoms with Crippen LogP contribution in [0.2, 0.25) is 0 Å². The zero-order valence-electron chi connectivity index (χ0n) is 12.4. The van der Waals surface area contributed by atoms with Crippen LogP contribution in [0.5, 0.6) is 0 Å². The molecular weight excluding hydrogens is 264 g/mol. The van der Waals surface area contributed by atoms with Crippen molar-refractivity contribution in [3.05, 3.63) is 47.9 Å². The Morgan fingerprint density at radius 3 is 2.71 bits per heavy atom. The topological polar surface area (TPSA) is 66.9 Å². The van der Waals surface area contributed by atoms with Gasteiger partial charge in [0.05, 0.1) is 12.4 Å². The van der Waals surface area contributed by atoms with Crippen molar-refractivity contribution in [3.63, 3.8) is 0 Å². The van der Waals surface area contributed by atoms with Gasteiger partial charge in [-0.2, -0.15) is 0 Å². The van der Waals surface area contributed by atoms with E-state index in [1.54, 1.807) is 6.20 Å². The first kappa shape index (κ1) is 15.0. The third kappa shape index (κ3) is 4.27. The van der Waals surface area contributed by atoms with Gasteiger partial charge in [-0.25, -0.2) is 9.97 Å². The molecule has 2 aromatic rings. The molecule has 0 aliphatic heterocycles. The van der Waals surface area contributed by atoms with Gasteiger partial charge in [-0.1, -0.05) is 26.0 Å².